The fourth-order valence-corrected chi connectivity index (χ4v) is 2.39. The van der Waals surface area contributed by atoms with E-state index in [1.807, 2.05) is 0 Å². The highest BCUT2D eigenvalue weighted by Gasteiger charge is 2.18. The number of hydrogen-bond donors (Lipinski definition) is 1. The number of amides is 1. The monoisotopic (exact) mass is 433 g/mol. The van der Waals surface area contributed by atoms with Gasteiger partial charge < -0.3 is 14.5 Å². The Kier molecular flexibility index (Phi) is 7.12. The molecule has 1 heterocycles. The number of furan rings is 1. The van der Waals surface area contributed by atoms with Gasteiger partial charge in [0.05, 0.1) is 0 Å². The molecule has 0 aliphatic heterocycles. The fourth-order valence-electron chi connectivity index (χ4n) is 2.07. The maximum atomic E-state index is 12.4. The van der Waals surface area contributed by atoms with Crippen LogP contribution in [0, 0.1) is 5.92 Å². The Morgan fingerprint density at radius 1 is 1.07 bits per heavy atom. The zero-order valence-electron chi connectivity index (χ0n) is 15.2. The number of esters is 1. The lowest BCUT2D eigenvalue weighted by Gasteiger charge is -2.12. The highest BCUT2D eigenvalue weighted by atomic mass is 79.9. The minimum atomic E-state index is -0.943. The molecule has 1 aromatic heterocycles. The molecule has 1 N–H and O–H groups in total. The smallest absolute Gasteiger partial charge is 0.331 e. The number of halogens is 1. The van der Waals surface area contributed by atoms with Gasteiger partial charge in [0.15, 0.2) is 10.8 Å². The van der Waals surface area contributed by atoms with Crippen LogP contribution in [0.4, 0.5) is 5.69 Å². The summed E-state index contributed by atoms with van der Waals surface area (Å²) in [6, 6.07) is 9.82. The van der Waals surface area contributed by atoms with Gasteiger partial charge in [0.1, 0.15) is 5.76 Å². The molecular formula is C20H20BrNO5. The van der Waals surface area contributed by atoms with Crippen LogP contribution in [0.1, 0.15) is 36.9 Å². The molecule has 2 rings (SSSR count). The Labute approximate surface area is 165 Å². The standard InChI is InChI=1S/C20H20BrNO5/c1-12(2)20(25)22-15-6-4-14(5-7-15)19(24)13(3)26-18(23)11-9-16-8-10-17(21)27-16/h4-13H,1-3H3,(H,22,25). The second-order valence-electron chi connectivity index (χ2n) is 6.14. The van der Waals surface area contributed by atoms with Crippen molar-refractivity contribution in [3.8, 4) is 0 Å². The van der Waals surface area contributed by atoms with Crippen LogP contribution in [0.15, 0.2) is 51.6 Å². The van der Waals surface area contributed by atoms with Crippen LogP contribution in [0.3, 0.4) is 0 Å². The van der Waals surface area contributed by atoms with Gasteiger partial charge in [-0.1, -0.05) is 13.8 Å². The third kappa shape index (κ3) is 6.21. The number of ketones is 1. The molecule has 1 unspecified atom stereocenters. The molecule has 6 nitrogen and oxygen atoms in total. The van der Waals surface area contributed by atoms with Crippen molar-refractivity contribution in [3.63, 3.8) is 0 Å². The zero-order valence-corrected chi connectivity index (χ0v) is 16.8. The van der Waals surface area contributed by atoms with Crippen molar-refractivity contribution >= 4 is 45.4 Å². The summed E-state index contributed by atoms with van der Waals surface area (Å²) >= 11 is 3.16. The normalized spacial score (nSPS) is 12.2. The van der Waals surface area contributed by atoms with Crippen molar-refractivity contribution < 1.29 is 23.5 Å². The van der Waals surface area contributed by atoms with E-state index in [0.717, 1.165) is 0 Å². The number of rotatable bonds is 7. The second kappa shape index (κ2) is 9.32. The van der Waals surface area contributed by atoms with E-state index in [9.17, 15) is 14.4 Å². The van der Waals surface area contributed by atoms with E-state index in [1.54, 1.807) is 50.2 Å². The maximum Gasteiger partial charge on any atom is 0.331 e. The molecule has 1 atom stereocenters. The Balaban J connectivity index is 1.93. The van der Waals surface area contributed by atoms with Crippen LogP contribution in [-0.2, 0) is 14.3 Å². The lowest BCUT2D eigenvalue weighted by Crippen LogP contribution is -2.23. The van der Waals surface area contributed by atoms with E-state index in [-0.39, 0.29) is 17.6 Å². The summed E-state index contributed by atoms with van der Waals surface area (Å²) in [6.07, 6.45) is 1.71. The van der Waals surface area contributed by atoms with Gasteiger partial charge in [-0.25, -0.2) is 4.79 Å². The summed E-state index contributed by atoms with van der Waals surface area (Å²) in [4.78, 5) is 35.9. The van der Waals surface area contributed by atoms with Crippen LogP contribution >= 0.6 is 15.9 Å². The van der Waals surface area contributed by atoms with E-state index < -0.39 is 12.1 Å². The van der Waals surface area contributed by atoms with Gasteiger partial charge in [-0.05, 0) is 65.3 Å². The number of carbonyl (C=O) groups excluding carboxylic acids is 3. The van der Waals surface area contributed by atoms with E-state index in [4.69, 9.17) is 9.15 Å². The Morgan fingerprint density at radius 2 is 1.74 bits per heavy atom. The van der Waals surface area contributed by atoms with Gasteiger partial charge in [-0.15, -0.1) is 0 Å². The third-order valence-electron chi connectivity index (χ3n) is 3.60. The average molecular weight is 434 g/mol. The van der Waals surface area contributed by atoms with Gasteiger partial charge in [0.2, 0.25) is 11.7 Å². The lowest BCUT2D eigenvalue weighted by atomic mass is 10.1. The summed E-state index contributed by atoms with van der Waals surface area (Å²) in [5, 5.41) is 2.75. The molecule has 0 spiro atoms. The summed E-state index contributed by atoms with van der Waals surface area (Å²) < 4.78 is 10.9. The number of Topliss-reactive ketones (excluding diaryl/α,β-unsaturated/α-hetero) is 1. The molecule has 1 aromatic carbocycles. The SMILES string of the molecule is CC(C)C(=O)Nc1ccc(C(=O)C(C)OC(=O)C=Cc2ccc(Br)o2)cc1. The summed E-state index contributed by atoms with van der Waals surface area (Å²) in [6.45, 7) is 5.09. The van der Waals surface area contributed by atoms with Gasteiger partial charge in [0.25, 0.3) is 0 Å². The first-order valence-electron chi connectivity index (χ1n) is 8.35. The number of nitrogens with one attached hydrogen (secondary N) is 1. The molecule has 142 valence electrons. The van der Waals surface area contributed by atoms with Crippen molar-refractivity contribution in [2.24, 2.45) is 5.92 Å². The van der Waals surface area contributed by atoms with E-state index in [2.05, 4.69) is 21.2 Å². The molecule has 0 fully saturated rings. The Bertz CT molecular complexity index is 852. The van der Waals surface area contributed by atoms with Gasteiger partial charge in [-0.2, -0.15) is 0 Å². The predicted molar refractivity (Wildman–Crippen MR) is 105 cm³/mol. The quantitative estimate of drug-likeness (QED) is 0.395. The van der Waals surface area contributed by atoms with Crippen LogP contribution in [0.5, 0.6) is 0 Å². The van der Waals surface area contributed by atoms with E-state index in [1.165, 1.54) is 19.1 Å². The first-order valence-corrected chi connectivity index (χ1v) is 9.14. The topological polar surface area (TPSA) is 85.6 Å². The molecule has 0 aliphatic rings. The van der Waals surface area contributed by atoms with Crippen molar-refractivity contribution in [3.05, 3.63) is 58.5 Å². The van der Waals surface area contributed by atoms with Crippen molar-refractivity contribution in [2.45, 2.75) is 26.9 Å². The molecule has 0 aliphatic carbocycles. The van der Waals surface area contributed by atoms with Crippen molar-refractivity contribution in [1.82, 2.24) is 0 Å². The van der Waals surface area contributed by atoms with Crippen LogP contribution < -0.4 is 5.32 Å². The number of benzene rings is 1. The Hall–Kier alpha value is -2.67. The summed E-state index contributed by atoms with van der Waals surface area (Å²) in [7, 11) is 0. The number of hydrogen-bond acceptors (Lipinski definition) is 5. The maximum absolute atomic E-state index is 12.4. The van der Waals surface area contributed by atoms with E-state index in [0.29, 0.717) is 21.7 Å². The first kappa shape index (κ1) is 20.6. The van der Waals surface area contributed by atoms with Gasteiger partial charge in [-0.3, -0.25) is 9.59 Å². The first-order chi connectivity index (χ1) is 12.8. The average Bonchev–Trinajstić information content (AvgIpc) is 3.05. The van der Waals surface area contributed by atoms with Gasteiger partial charge >= 0.3 is 5.97 Å². The summed E-state index contributed by atoms with van der Waals surface area (Å²) in [5.74, 6) is -0.743. The van der Waals surface area contributed by atoms with Crippen molar-refractivity contribution in [1.29, 1.82) is 0 Å². The zero-order chi connectivity index (χ0) is 20.0. The largest absolute Gasteiger partial charge is 0.451 e. The van der Waals surface area contributed by atoms with Crippen LogP contribution in [0.2, 0.25) is 0 Å². The highest BCUT2D eigenvalue weighted by Crippen LogP contribution is 2.16. The second-order valence-corrected chi connectivity index (χ2v) is 6.92. The number of anilines is 1. The minimum absolute atomic E-state index is 0.105. The lowest BCUT2D eigenvalue weighted by molar-refractivity contribution is -0.140. The van der Waals surface area contributed by atoms with Crippen LogP contribution in [-0.4, -0.2) is 23.8 Å². The molecule has 1 amide bonds. The molecule has 0 saturated heterocycles. The molecule has 2 aromatic rings. The number of ether oxygens (including phenoxy) is 1. The van der Waals surface area contributed by atoms with Gasteiger partial charge in [0, 0.05) is 23.2 Å². The van der Waals surface area contributed by atoms with Crippen molar-refractivity contribution in [2.75, 3.05) is 5.32 Å². The highest BCUT2D eigenvalue weighted by molar-refractivity contribution is 9.10. The molecule has 0 saturated carbocycles. The molecule has 0 bridgehead atoms. The molecule has 7 heteroatoms. The predicted octanol–water partition coefficient (Wildman–Crippen LogP) is 4.46. The third-order valence-corrected chi connectivity index (χ3v) is 4.03. The number of carbonyl (C=O) groups is 3. The van der Waals surface area contributed by atoms with Crippen LogP contribution in [0.25, 0.3) is 6.08 Å². The minimum Gasteiger partial charge on any atom is -0.451 e. The Morgan fingerprint density at radius 3 is 2.30 bits per heavy atom. The fraction of sp³-hybridized carbons (Fsp3) is 0.250. The molecular weight excluding hydrogens is 414 g/mol. The molecule has 0 radical (unpaired) electrons. The van der Waals surface area contributed by atoms with E-state index >= 15 is 0 Å². The molecule has 27 heavy (non-hydrogen) atoms. The summed E-state index contributed by atoms with van der Waals surface area (Å²) in [5.41, 5.74) is 0.985.